The predicted octanol–water partition coefficient (Wildman–Crippen LogP) is 1.50. The third-order valence-corrected chi connectivity index (χ3v) is 4.20. The number of aliphatic hydroxyl groups excluding tert-OH is 1. The number of nitrogens with zero attached hydrogens (tertiary/aromatic N) is 4. The molecule has 6 heteroatoms. The highest BCUT2D eigenvalue weighted by atomic mass is 16.3. The van der Waals surface area contributed by atoms with Crippen molar-refractivity contribution in [3.8, 4) is 5.69 Å². The minimum Gasteiger partial charge on any atom is -0.393 e. The lowest BCUT2D eigenvalue weighted by Gasteiger charge is -2.34. The average Bonchev–Trinajstić information content (AvgIpc) is 3.09. The van der Waals surface area contributed by atoms with Gasteiger partial charge in [-0.15, -0.1) is 0 Å². The Balaban J connectivity index is 1.79. The quantitative estimate of drug-likeness (QED) is 0.932. The van der Waals surface area contributed by atoms with Crippen molar-refractivity contribution in [2.45, 2.75) is 25.9 Å². The number of carbonyl (C=O) groups excluding carboxylic acids is 1. The van der Waals surface area contributed by atoms with Crippen molar-refractivity contribution in [3.63, 3.8) is 0 Å². The standard InChI is InChI=1S/C16H20N4O2/c1-12(21)14-5-3-7-19(9-14)16(22)13-4-2-6-15(8-13)20-11-17-10-18-20/h2,4,6,8,10-12,14,21H,3,5,7,9H2,1H3. The van der Waals surface area contributed by atoms with Crippen molar-refractivity contribution in [2.24, 2.45) is 5.92 Å². The number of aliphatic hydroxyl groups is 1. The molecule has 3 rings (SSSR count). The first-order chi connectivity index (χ1) is 10.6. The zero-order valence-corrected chi connectivity index (χ0v) is 12.6. The molecule has 1 saturated heterocycles. The molecule has 2 unspecified atom stereocenters. The van der Waals surface area contributed by atoms with Crippen molar-refractivity contribution in [1.29, 1.82) is 0 Å². The Morgan fingerprint density at radius 1 is 1.45 bits per heavy atom. The first-order valence-corrected chi connectivity index (χ1v) is 7.57. The summed E-state index contributed by atoms with van der Waals surface area (Å²) in [7, 11) is 0. The lowest BCUT2D eigenvalue weighted by atomic mass is 9.93. The van der Waals surface area contributed by atoms with E-state index in [4.69, 9.17) is 0 Å². The number of amides is 1. The summed E-state index contributed by atoms with van der Waals surface area (Å²) < 4.78 is 1.63. The highest BCUT2D eigenvalue weighted by molar-refractivity contribution is 5.94. The van der Waals surface area contributed by atoms with Crippen LogP contribution in [0.4, 0.5) is 0 Å². The summed E-state index contributed by atoms with van der Waals surface area (Å²) in [5, 5.41) is 13.8. The third kappa shape index (κ3) is 3.01. The summed E-state index contributed by atoms with van der Waals surface area (Å²) in [4.78, 5) is 18.4. The minimum atomic E-state index is -0.378. The molecule has 1 N–H and O–H groups in total. The molecule has 2 atom stereocenters. The van der Waals surface area contributed by atoms with Gasteiger partial charge in [0.15, 0.2) is 0 Å². The number of rotatable bonds is 3. The van der Waals surface area contributed by atoms with E-state index >= 15 is 0 Å². The number of benzene rings is 1. The molecule has 1 fully saturated rings. The maximum absolute atomic E-state index is 12.7. The van der Waals surface area contributed by atoms with Gasteiger partial charge in [0.25, 0.3) is 5.91 Å². The Morgan fingerprint density at radius 3 is 3.05 bits per heavy atom. The molecule has 2 heterocycles. The van der Waals surface area contributed by atoms with Crippen LogP contribution in [-0.2, 0) is 0 Å². The van der Waals surface area contributed by atoms with E-state index in [0.29, 0.717) is 12.1 Å². The lowest BCUT2D eigenvalue weighted by Crippen LogP contribution is -2.42. The van der Waals surface area contributed by atoms with Crippen LogP contribution in [0.2, 0.25) is 0 Å². The van der Waals surface area contributed by atoms with Crippen LogP contribution in [0.25, 0.3) is 5.69 Å². The van der Waals surface area contributed by atoms with E-state index in [0.717, 1.165) is 25.1 Å². The first-order valence-electron chi connectivity index (χ1n) is 7.57. The van der Waals surface area contributed by atoms with Crippen LogP contribution >= 0.6 is 0 Å². The smallest absolute Gasteiger partial charge is 0.253 e. The van der Waals surface area contributed by atoms with Crippen LogP contribution in [0.15, 0.2) is 36.9 Å². The Labute approximate surface area is 129 Å². The summed E-state index contributed by atoms with van der Waals surface area (Å²) in [5.41, 5.74) is 1.45. The van der Waals surface area contributed by atoms with Crippen molar-refractivity contribution in [1.82, 2.24) is 19.7 Å². The molecular formula is C16H20N4O2. The summed E-state index contributed by atoms with van der Waals surface area (Å²) >= 11 is 0. The highest BCUT2D eigenvalue weighted by Gasteiger charge is 2.27. The number of likely N-dealkylation sites (tertiary alicyclic amines) is 1. The van der Waals surface area contributed by atoms with Gasteiger partial charge in [0.1, 0.15) is 12.7 Å². The van der Waals surface area contributed by atoms with Gasteiger partial charge in [0, 0.05) is 24.6 Å². The predicted molar refractivity (Wildman–Crippen MR) is 81.7 cm³/mol. The van der Waals surface area contributed by atoms with E-state index in [-0.39, 0.29) is 17.9 Å². The van der Waals surface area contributed by atoms with Crippen molar-refractivity contribution < 1.29 is 9.90 Å². The fraction of sp³-hybridized carbons (Fsp3) is 0.438. The Bertz CT molecular complexity index is 639. The van der Waals surface area contributed by atoms with Crippen LogP contribution in [0, 0.1) is 5.92 Å². The molecule has 0 aliphatic carbocycles. The van der Waals surface area contributed by atoms with Crippen molar-refractivity contribution >= 4 is 5.91 Å². The number of aromatic nitrogens is 3. The Morgan fingerprint density at radius 2 is 2.32 bits per heavy atom. The van der Waals surface area contributed by atoms with Crippen molar-refractivity contribution in [3.05, 3.63) is 42.5 Å². The summed E-state index contributed by atoms with van der Waals surface area (Å²) in [6, 6.07) is 7.37. The van der Waals surface area contributed by atoms with Crippen LogP contribution in [-0.4, -0.2) is 49.9 Å². The fourth-order valence-electron chi connectivity index (χ4n) is 2.89. The van der Waals surface area contributed by atoms with Crippen LogP contribution < -0.4 is 0 Å². The van der Waals surface area contributed by atoms with Crippen LogP contribution in [0.3, 0.4) is 0 Å². The normalized spacial score (nSPS) is 19.9. The second-order valence-corrected chi connectivity index (χ2v) is 5.78. The molecule has 1 amide bonds. The molecule has 1 aromatic heterocycles. The van der Waals surface area contributed by atoms with Crippen molar-refractivity contribution in [2.75, 3.05) is 13.1 Å². The number of hydrogen-bond donors (Lipinski definition) is 1. The molecule has 0 saturated carbocycles. The van der Waals surface area contributed by atoms with E-state index in [1.54, 1.807) is 17.9 Å². The Kier molecular flexibility index (Phi) is 4.20. The highest BCUT2D eigenvalue weighted by Crippen LogP contribution is 2.22. The van der Waals surface area contributed by atoms with E-state index in [1.165, 1.54) is 6.33 Å². The summed E-state index contributed by atoms with van der Waals surface area (Å²) in [6.45, 7) is 3.16. The first kappa shape index (κ1) is 14.7. The molecule has 1 aliphatic rings. The minimum absolute atomic E-state index is 0.00677. The zero-order chi connectivity index (χ0) is 15.5. The van der Waals surface area contributed by atoms with Gasteiger partial charge in [-0.25, -0.2) is 9.67 Å². The van der Waals surface area contributed by atoms with Gasteiger partial charge in [0.05, 0.1) is 11.8 Å². The van der Waals surface area contributed by atoms with Crippen LogP contribution in [0.1, 0.15) is 30.1 Å². The summed E-state index contributed by atoms with van der Waals surface area (Å²) in [5.74, 6) is 0.170. The molecular weight excluding hydrogens is 280 g/mol. The van der Waals surface area contributed by atoms with Gasteiger partial charge in [-0.1, -0.05) is 6.07 Å². The lowest BCUT2D eigenvalue weighted by molar-refractivity contribution is 0.0466. The molecule has 2 aromatic rings. The summed E-state index contributed by atoms with van der Waals surface area (Å²) in [6.07, 6.45) is 4.60. The van der Waals surface area contributed by atoms with Gasteiger partial charge >= 0.3 is 0 Å². The van der Waals surface area contributed by atoms with Crippen LogP contribution in [0.5, 0.6) is 0 Å². The molecule has 116 valence electrons. The van der Waals surface area contributed by atoms with E-state index in [2.05, 4.69) is 10.1 Å². The van der Waals surface area contributed by atoms with Gasteiger partial charge in [-0.3, -0.25) is 4.79 Å². The van der Waals surface area contributed by atoms with Gasteiger partial charge in [-0.05, 0) is 38.0 Å². The number of piperidine rings is 1. The fourth-order valence-corrected chi connectivity index (χ4v) is 2.89. The maximum atomic E-state index is 12.7. The molecule has 1 aromatic carbocycles. The van der Waals surface area contributed by atoms with E-state index in [1.807, 2.05) is 29.2 Å². The number of carbonyl (C=O) groups is 1. The topological polar surface area (TPSA) is 71.2 Å². The van der Waals surface area contributed by atoms with Gasteiger partial charge in [0.2, 0.25) is 0 Å². The third-order valence-electron chi connectivity index (χ3n) is 4.20. The Hall–Kier alpha value is -2.21. The molecule has 0 bridgehead atoms. The maximum Gasteiger partial charge on any atom is 0.253 e. The monoisotopic (exact) mass is 300 g/mol. The molecule has 0 radical (unpaired) electrons. The van der Waals surface area contributed by atoms with Gasteiger partial charge < -0.3 is 10.0 Å². The molecule has 22 heavy (non-hydrogen) atoms. The second kappa shape index (κ2) is 6.27. The van der Waals surface area contributed by atoms with E-state index in [9.17, 15) is 9.90 Å². The molecule has 1 aliphatic heterocycles. The van der Waals surface area contributed by atoms with E-state index < -0.39 is 0 Å². The molecule has 0 spiro atoms. The average molecular weight is 300 g/mol. The number of hydrogen-bond acceptors (Lipinski definition) is 4. The SMILES string of the molecule is CC(O)C1CCCN(C(=O)c2cccc(-n3cncn3)c2)C1. The zero-order valence-electron chi connectivity index (χ0n) is 12.6. The van der Waals surface area contributed by atoms with Gasteiger partial charge in [-0.2, -0.15) is 5.10 Å². The molecule has 6 nitrogen and oxygen atoms in total. The second-order valence-electron chi connectivity index (χ2n) is 5.78. The largest absolute Gasteiger partial charge is 0.393 e.